The summed E-state index contributed by atoms with van der Waals surface area (Å²) in [5.74, 6) is -0.126. The van der Waals surface area contributed by atoms with Crippen molar-refractivity contribution in [3.05, 3.63) is 51.5 Å². The summed E-state index contributed by atoms with van der Waals surface area (Å²) >= 11 is 1.56. The molecule has 0 unspecified atom stereocenters. The van der Waals surface area contributed by atoms with E-state index in [2.05, 4.69) is 6.92 Å². The molecule has 1 aliphatic rings. The lowest BCUT2D eigenvalue weighted by atomic mass is 10.1. The van der Waals surface area contributed by atoms with Gasteiger partial charge in [0.1, 0.15) is 5.82 Å². The van der Waals surface area contributed by atoms with Crippen LogP contribution < -0.4 is 4.90 Å². The van der Waals surface area contributed by atoms with Gasteiger partial charge in [0, 0.05) is 17.1 Å². The third-order valence-electron chi connectivity index (χ3n) is 3.66. The lowest BCUT2D eigenvalue weighted by Crippen LogP contribution is -2.27. The van der Waals surface area contributed by atoms with Crippen molar-refractivity contribution in [2.24, 2.45) is 0 Å². The zero-order chi connectivity index (χ0) is 14.1. The first kappa shape index (κ1) is 13.3. The Morgan fingerprint density at radius 1 is 1.35 bits per heavy atom. The molecular formula is C16H16FNOS. The monoisotopic (exact) mass is 289 g/mol. The van der Waals surface area contributed by atoms with E-state index in [1.165, 1.54) is 17.0 Å². The summed E-state index contributed by atoms with van der Waals surface area (Å²) in [6, 6.07) is 8.73. The highest BCUT2D eigenvalue weighted by atomic mass is 32.1. The highest BCUT2D eigenvalue weighted by Crippen LogP contribution is 2.29. The van der Waals surface area contributed by atoms with E-state index in [9.17, 15) is 9.18 Å². The number of Topliss-reactive ketones (excluding diaryl/α,β-unsaturated/α-hetero) is 1. The van der Waals surface area contributed by atoms with Gasteiger partial charge >= 0.3 is 0 Å². The topological polar surface area (TPSA) is 20.3 Å². The van der Waals surface area contributed by atoms with Crippen molar-refractivity contribution in [1.82, 2.24) is 0 Å². The molecule has 0 amide bonds. The number of halogens is 1. The van der Waals surface area contributed by atoms with E-state index in [4.69, 9.17) is 0 Å². The molecule has 0 N–H and O–H groups in total. The van der Waals surface area contributed by atoms with E-state index < -0.39 is 0 Å². The van der Waals surface area contributed by atoms with Crippen LogP contribution in [0.1, 0.15) is 27.0 Å². The summed E-state index contributed by atoms with van der Waals surface area (Å²) in [6.07, 6.45) is 1.84. The molecular weight excluding hydrogens is 273 g/mol. The summed E-state index contributed by atoms with van der Waals surface area (Å²) < 4.78 is 13.3. The van der Waals surface area contributed by atoms with Crippen molar-refractivity contribution >= 4 is 22.8 Å². The fourth-order valence-corrected chi connectivity index (χ4v) is 3.43. The zero-order valence-electron chi connectivity index (χ0n) is 11.4. The fourth-order valence-electron chi connectivity index (χ4n) is 2.55. The minimum absolute atomic E-state index is 0.117. The average Bonchev–Trinajstić information content (AvgIpc) is 3.06. The summed E-state index contributed by atoms with van der Waals surface area (Å²) in [5, 5.41) is 0. The summed E-state index contributed by atoms with van der Waals surface area (Å²) in [4.78, 5) is 16.3. The van der Waals surface area contributed by atoms with E-state index in [-0.39, 0.29) is 11.6 Å². The second kappa shape index (κ2) is 5.37. The van der Waals surface area contributed by atoms with E-state index in [1.807, 2.05) is 23.1 Å². The van der Waals surface area contributed by atoms with Gasteiger partial charge in [-0.3, -0.25) is 4.79 Å². The van der Waals surface area contributed by atoms with Crippen LogP contribution in [-0.2, 0) is 12.8 Å². The highest BCUT2D eigenvalue weighted by molar-refractivity contribution is 7.14. The van der Waals surface area contributed by atoms with Crippen molar-refractivity contribution in [3.8, 4) is 0 Å². The first-order chi connectivity index (χ1) is 9.67. The summed E-state index contributed by atoms with van der Waals surface area (Å²) in [7, 11) is 0. The Morgan fingerprint density at radius 3 is 2.95 bits per heavy atom. The third kappa shape index (κ3) is 2.48. The maximum absolute atomic E-state index is 13.3. The van der Waals surface area contributed by atoms with Gasteiger partial charge in [-0.15, -0.1) is 11.3 Å². The smallest absolute Gasteiger partial charge is 0.191 e. The van der Waals surface area contributed by atoms with Crippen molar-refractivity contribution in [3.63, 3.8) is 0 Å². The Labute approximate surface area is 121 Å². The van der Waals surface area contributed by atoms with Gasteiger partial charge in [0.25, 0.3) is 0 Å². The predicted molar refractivity (Wildman–Crippen MR) is 80.3 cm³/mol. The summed E-state index contributed by atoms with van der Waals surface area (Å²) in [6.45, 7) is 3.20. The molecule has 0 saturated heterocycles. The number of thiophene rings is 1. The minimum Gasteiger partial charge on any atom is -0.363 e. The lowest BCUT2D eigenvalue weighted by Gasteiger charge is -2.18. The largest absolute Gasteiger partial charge is 0.363 e. The number of aryl methyl sites for hydroxylation is 1. The van der Waals surface area contributed by atoms with Crippen LogP contribution in [0.3, 0.4) is 0 Å². The Kier molecular flexibility index (Phi) is 3.57. The van der Waals surface area contributed by atoms with Crippen molar-refractivity contribution in [2.45, 2.75) is 19.8 Å². The van der Waals surface area contributed by atoms with Gasteiger partial charge in [0.2, 0.25) is 0 Å². The Balaban J connectivity index is 1.76. The molecule has 0 saturated carbocycles. The van der Waals surface area contributed by atoms with Gasteiger partial charge in [-0.25, -0.2) is 4.39 Å². The van der Waals surface area contributed by atoms with Crippen LogP contribution in [0.5, 0.6) is 0 Å². The molecule has 0 bridgehead atoms. The van der Waals surface area contributed by atoms with Crippen molar-refractivity contribution in [2.75, 3.05) is 18.0 Å². The normalized spacial score (nSPS) is 13.6. The first-order valence-electron chi connectivity index (χ1n) is 6.82. The third-order valence-corrected chi connectivity index (χ3v) is 4.93. The van der Waals surface area contributed by atoms with Gasteiger partial charge in [0.05, 0.1) is 11.4 Å². The molecule has 1 aromatic carbocycles. The second-order valence-corrected chi connectivity index (χ2v) is 6.16. The van der Waals surface area contributed by atoms with Gasteiger partial charge in [-0.05, 0) is 42.7 Å². The highest BCUT2D eigenvalue weighted by Gasteiger charge is 2.22. The van der Waals surface area contributed by atoms with Gasteiger partial charge in [0.15, 0.2) is 5.78 Å². The van der Waals surface area contributed by atoms with Crippen molar-refractivity contribution in [1.29, 1.82) is 0 Å². The first-order valence-corrected chi connectivity index (χ1v) is 7.64. The number of hydrogen-bond donors (Lipinski definition) is 0. The number of rotatable bonds is 4. The average molecular weight is 289 g/mol. The number of carbonyl (C=O) groups excluding carboxylic acids is 1. The molecule has 2 heterocycles. The molecule has 0 atom stereocenters. The predicted octanol–water partition coefficient (Wildman–Crippen LogP) is 3.70. The molecule has 0 radical (unpaired) electrons. The van der Waals surface area contributed by atoms with Crippen LogP contribution in [0.15, 0.2) is 30.3 Å². The SMILES string of the molecule is CCc1ccc(C(=O)CN2CCc3ccc(F)cc32)s1. The molecule has 20 heavy (non-hydrogen) atoms. The molecule has 2 nitrogen and oxygen atoms in total. The molecule has 1 aromatic heterocycles. The molecule has 104 valence electrons. The Morgan fingerprint density at radius 2 is 2.20 bits per heavy atom. The summed E-state index contributed by atoms with van der Waals surface area (Å²) in [5.41, 5.74) is 1.99. The van der Waals surface area contributed by atoms with Gasteiger partial charge in [-0.2, -0.15) is 0 Å². The number of carbonyl (C=O) groups is 1. The molecule has 1 aliphatic heterocycles. The Hall–Kier alpha value is -1.68. The molecule has 0 spiro atoms. The quantitative estimate of drug-likeness (QED) is 0.800. The van der Waals surface area contributed by atoms with E-state index in [0.29, 0.717) is 6.54 Å². The second-order valence-electron chi connectivity index (χ2n) is 4.99. The standard InChI is InChI=1S/C16H16FNOS/c1-2-13-5-6-16(20-13)15(19)10-18-8-7-11-3-4-12(17)9-14(11)18/h3-6,9H,2,7-8,10H2,1H3. The number of ketones is 1. The van der Waals surface area contributed by atoms with Crippen LogP contribution in [0, 0.1) is 5.82 Å². The van der Waals surface area contributed by atoms with Crippen LogP contribution in [0.25, 0.3) is 0 Å². The number of nitrogens with zero attached hydrogens (tertiary/aromatic N) is 1. The number of benzene rings is 1. The van der Waals surface area contributed by atoms with Crippen LogP contribution in [0.2, 0.25) is 0 Å². The van der Waals surface area contributed by atoms with Gasteiger partial charge in [-0.1, -0.05) is 13.0 Å². The van der Waals surface area contributed by atoms with Crippen LogP contribution >= 0.6 is 11.3 Å². The lowest BCUT2D eigenvalue weighted by molar-refractivity contribution is 0.100. The molecule has 0 aliphatic carbocycles. The molecule has 4 heteroatoms. The molecule has 0 fully saturated rings. The molecule has 3 rings (SSSR count). The van der Waals surface area contributed by atoms with Crippen LogP contribution in [0.4, 0.5) is 10.1 Å². The van der Waals surface area contributed by atoms with Crippen molar-refractivity contribution < 1.29 is 9.18 Å². The number of anilines is 1. The number of hydrogen-bond acceptors (Lipinski definition) is 3. The zero-order valence-corrected chi connectivity index (χ0v) is 12.2. The van der Waals surface area contributed by atoms with E-state index in [0.717, 1.165) is 35.5 Å². The fraction of sp³-hybridized carbons (Fsp3) is 0.312. The Bertz CT molecular complexity index is 650. The maximum Gasteiger partial charge on any atom is 0.191 e. The molecule has 2 aromatic rings. The van der Waals surface area contributed by atoms with E-state index >= 15 is 0 Å². The van der Waals surface area contributed by atoms with Crippen LogP contribution in [-0.4, -0.2) is 18.9 Å². The number of fused-ring (bicyclic) bond motifs is 1. The minimum atomic E-state index is -0.243. The van der Waals surface area contributed by atoms with Gasteiger partial charge < -0.3 is 4.90 Å². The van der Waals surface area contributed by atoms with E-state index in [1.54, 1.807) is 11.3 Å². The maximum atomic E-state index is 13.3.